The zero-order valence-corrected chi connectivity index (χ0v) is 23.0. The van der Waals surface area contributed by atoms with Gasteiger partial charge in [-0.3, -0.25) is 9.59 Å². The zero-order chi connectivity index (χ0) is 28.6. The van der Waals surface area contributed by atoms with E-state index in [9.17, 15) is 14.7 Å². The fraction of sp³-hybridized carbons (Fsp3) is 0.290. The minimum atomic E-state index is -0.879. The summed E-state index contributed by atoms with van der Waals surface area (Å²) in [6, 6.07) is 18.2. The molecule has 0 aliphatic carbocycles. The molecular weight excluding hydrogens is 514 g/mol. The standard InChI is InChI=1S/C31H33NO8/c1-5-38-24-14-15-25(26(19-24)39-6-2)29(33)27-28(20-8-7-9-23(18-20)37-4)32(31(35)30(27)34)16-17-40-22-12-10-21(36-3)11-13-22/h7-15,18-19,28,33H,5-6,16-17H2,1-4H3/b29-27-. The SMILES string of the molecule is CCOc1ccc(/C(O)=C2/C(=O)C(=O)N(CCOc3ccc(OC)cc3)C2c2cccc(OC)c2)c(OCC)c1. The molecule has 40 heavy (non-hydrogen) atoms. The normalized spacial score (nSPS) is 16.1. The highest BCUT2D eigenvalue weighted by Gasteiger charge is 2.46. The van der Waals surface area contributed by atoms with Crippen LogP contribution in [0, 0.1) is 0 Å². The molecule has 1 aliphatic rings. The lowest BCUT2D eigenvalue weighted by Gasteiger charge is -2.26. The van der Waals surface area contributed by atoms with Gasteiger partial charge in [-0.25, -0.2) is 0 Å². The van der Waals surface area contributed by atoms with Crippen LogP contribution in [0.5, 0.6) is 28.7 Å². The van der Waals surface area contributed by atoms with Gasteiger partial charge in [0, 0.05) is 6.07 Å². The third-order valence-corrected chi connectivity index (χ3v) is 6.43. The Hall–Kier alpha value is -4.66. The van der Waals surface area contributed by atoms with E-state index in [-0.39, 0.29) is 30.0 Å². The van der Waals surface area contributed by atoms with Gasteiger partial charge in [-0.05, 0) is 67.9 Å². The Morgan fingerprint density at radius 1 is 0.800 bits per heavy atom. The highest BCUT2D eigenvalue weighted by atomic mass is 16.5. The van der Waals surface area contributed by atoms with Crippen LogP contribution in [0.2, 0.25) is 0 Å². The maximum absolute atomic E-state index is 13.5. The summed E-state index contributed by atoms with van der Waals surface area (Å²) in [4.78, 5) is 28.2. The number of nitrogens with zero attached hydrogens (tertiary/aromatic N) is 1. The molecule has 1 N–H and O–H groups in total. The molecule has 1 saturated heterocycles. The average Bonchev–Trinajstić information content (AvgIpc) is 3.23. The van der Waals surface area contributed by atoms with Crippen molar-refractivity contribution in [2.45, 2.75) is 19.9 Å². The highest BCUT2D eigenvalue weighted by Crippen LogP contribution is 2.42. The summed E-state index contributed by atoms with van der Waals surface area (Å²) in [5.74, 6) is 0.850. The monoisotopic (exact) mass is 547 g/mol. The molecule has 1 unspecified atom stereocenters. The van der Waals surface area contributed by atoms with Crippen LogP contribution in [-0.4, -0.2) is 62.3 Å². The number of likely N-dealkylation sites (tertiary alicyclic amines) is 1. The van der Waals surface area contributed by atoms with Gasteiger partial charge in [0.25, 0.3) is 11.7 Å². The van der Waals surface area contributed by atoms with Crippen LogP contribution in [0.25, 0.3) is 5.76 Å². The molecule has 1 heterocycles. The fourth-order valence-corrected chi connectivity index (χ4v) is 4.58. The lowest BCUT2D eigenvalue weighted by atomic mass is 9.94. The number of Topliss-reactive ketones (excluding diaryl/α,β-unsaturated/α-hetero) is 1. The summed E-state index contributed by atoms with van der Waals surface area (Å²) in [5.41, 5.74) is 0.840. The molecule has 1 aliphatic heterocycles. The number of hydrogen-bond acceptors (Lipinski definition) is 8. The van der Waals surface area contributed by atoms with Crippen LogP contribution in [0.3, 0.4) is 0 Å². The molecular formula is C31H33NO8. The number of benzene rings is 3. The average molecular weight is 548 g/mol. The first kappa shape index (κ1) is 28.4. The molecule has 3 aromatic rings. The molecule has 9 nitrogen and oxygen atoms in total. The number of amides is 1. The summed E-state index contributed by atoms with van der Waals surface area (Å²) >= 11 is 0. The Bertz CT molecular complexity index is 1380. The second kappa shape index (κ2) is 12.9. The molecule has 1 amide bonds. The molecule has 0 aromatic heterocycles. The van der Waals surface area contributed by atoms with E-state index in [0.29, 0.717) is 47.5 Å². The predicted octanol–water partition coefficient (Wildman–Crippen LogP) is 5.00. The number of aliphatic hydroxyl groups excluding tert-OH is 1. The molecule has 0 spiro atoms. The van der Waals surface area contributed by atoms with Crippen molar-refractivity contribution in [1.82, 2.24) is 4.90 Å². The van der Waals surface area contributed by atoms with E-state index >= 15 is 0 Å². The van der Waals surface area contributed by atoms with Crippen molar-refractivity contribution in [2.75, 3.05) is 40.6 Å². The van der Waals surface area contributed by atoms with Gasteiger partial charge in [0.15, 0.2) is 0 Å². The Kier molecular flexibility index (Phi) is 9.16. The van der Waals surface area contributed by atoms with Gasteiger partial charge in [0.2, 0.25) is 0 Å². The fourth-order valence-electron chi connectivity index (χ4n) is 4.58. The van der Waals surface area contributed by atoms with Gasteiger partial charge >= 0.3 is 0 Å². The molecule has 0 saturated carbocycles. The summed E-state index contributed by atoms with van der Waals surface area (Å²) < 4.78 is 27.8. The third kappa shape index (κ3) is 5.98. The van der Waals surface area contributed by atoms with E-state index in [0.717, 1.165) is 0 Å². The quantitative estimate of drug-likeness (QED) is 0.192. The van der Waals surface area contributed by atoms with Gasteiger partial charge in [-0.2, -0.15) is 0 Å². The molecule has 9 heteroatoms. The topological polar surface area (TPSA) is 104 Å². The molecule has 0 radical (unpaired) electrons. The first-order valence-corrected chi connectivity index (χ1v) is 13.0. The van der Waals surface area contributed by atoms with Crippen molar-refractivity contribution in [3.8, 4) is 28.7 Å². The maximum Gasteiger partial charge on any atom is 0.295 e. The number of aliphatic hydroxyl groups is 1. The van der Waals surface area contributed by atoms with Crippen molar-refractivity contribution in [3.05, 3.63) is 83.4 Å². The van der Waals surface area contributed by atoms with Gasteiger partial charge in [-0.15, -0.1) is 0 Å². The number of hydrogen-bond donors (Lipinski definition) is 1. The molecule has 210 valence electrons. The van der Waals surface area contributed by atoms with Crippen LogP contribution in [0.1, 0.15) is 31.0 Å². The number of carbonyl (C=O) groups is 2. The van der Waals surface area contributed by atoms with Crippen molar-refractivity contribution >= 4 is 17.4 Å². The second-order valence-electron chi connectivity index (χ2n) is 8.82. The molecule has 3 aromatic carbocycles. The Morgan fingerprint density at radius 2 is 1.48 bits per heavy atom. The Balaban J connectivity index is 1.74. The zero-order valence-electron chi connectivity index (χ0n) is 23.0. The number of methoxy groups -OCH3 is 2. The minimum Gasteiger partial charge on any atom is -0.507 e. The second-order valence-corrected chi connectivity index (χ2v) is 8.82. The number of carbonyl (C=O) groups excluding carboxylic acids is 2. The van der Waals surface area contributed by atoms with Crippen molar-refractivity contribution in [3.63, 3.8) is 0 Å². The molecule has 0 bridgehead atoms. The first-order chi connectivity index (χ1) is 19.4. The lowest BCUT2D eigenvalue weighted by molar-refractivity contribution is -0.140. The summed E-state index contributed by atoms with van der Waals surface area (Å²) in [7, 11) is 3.11. The Labute approximate surface area is 233 Å². The number of ether oxygens (including phenoxy) is 5. The maximum atomic E-state index is 13.5. The molecule has 1 fully saturated rings. The van der Waals surface area contributed by atoms with Crippen LogP contribution in [0.15, 0.2) is 72.3 Å². The van der Waals surface area contributed by atoms with Crippen LogP contribution >= 0.6 is 0 Å². The highest BCUT2D eigenvalue weighted by molar-refractivity contribution is 6.46. The largest absolute Gasteiger partial charge is 0.507 e. The summed E-state index contributed by atoms with van der Waals surface area (Å²) in [6.07, 6.45) is 0. The van der Waals surface area contributed by atoms with Crippen molar-refractivity contribution < 1.29 is 38.4 Å². The van der Waals surface area contributed by atoms with Crippen LogP contribution in [0.4, 0.5) is 0 Å². The molecule has 4 rings (SSSR count). The van der Waals surface area contributed by atoms with E-state index < -0.39 is 17.7 Å². The van der Waals surface area contributed by atoms with Gasteiger partial charge in [-0.1, -0.05) is 12.1 Å². The van der Waals surface area contributed by atoms with E-state index in [1.54, 1.807) is 73.8 Å². The number of rotatable bonds is 12. The minimum absolute atomic E-state index is 0.0483. The van der Waals surface area contributed by atoms with E-state index in [1.807, 2.05) is 13.8 Å². The smallest absolute Gasteiger partial charge is 0.295 e. The van der Waals surface area contributed by atoms with E-state index in [1.165, 1.54) is 12.0 Å². The van der Waals surface area contributed by atoms with Crippen molar-refractivity contribution in [2.24, 2.45) is 0 Å². The molecule has 1 atom stereocenters. The predicted molar refractivity (Wildman–Crippen MR) is 149 cm³/mol. The lowest BCUT2D eigenvalue weighted by Crippen LogP contribution is -2.33. The van der Waals surface area contributed by atoms with E-state index in [2.05, 4.69) is 0 Å². The van der Waals surface area contributed by atoms with Crippen molar-refractivity contribution in [1.29, 1.82) is 0 Å². The number of ketones is 1. The summed E-state index contributed by atoms with van der Waals surface area (Å²) in [6.45, 7) is 4.67. The van der Waals surface area contributed by atoms with Gasteiger partial charge in [0.05, 0.1) is 51.2 Å². The van der Waals surface area contributed by atoms with Crippen LogP contribution in [-0.2, 0) is 9.59 Å². The van der Waals surface area contributed by atoms with Crippen LogP contribution < -0.4 is 23.7 Å². The Morgan fingerprint density at radius 3 is 2.15 bits per heavy atom. The summed E-state index contributed by atoms with van der Waals surface area (Å²) in [5, 5.41) is 11.6. The van der Waals surface area contributed by atoms with E-state index in [4.69, 9.17) is 23.7 Å². The third-order valence-electron chi connectivity index (χ3n) is 6.43. The van der Waals surface area contributed by atoms with Gasteiger partial charge in [0.1, 0.15) is 41.1 Å². The van der Waals surface area contributed by atoms with Gasteiger partial charge < -0.3 is 33.7 Å². The first-order valence-electron chi connectivity index (χ1n) is 13.0.